The van der Waals surface area contributed by atoms with Gasteiger partial charge < -0.3 is 10.6 Å². The monoisotopic (exact) mass is 260 g/mol. The van der Waals surface area contributed by atoms with E-state index in [4.69, 9.17) is 5.73 Å². The van der Waals surface area contributed by atoms with Crippen molar-refractivity contribution in [1.29, 1.82) is 0 Å². The lowest BCUT2D eigenvalue weighted by Crippen LogP contribution is -2.42. The lowest BCUT2D eigenvalue weighted by atomic mass is 9.81. The first-order valence-corrected chi connectivity index (χ1v) is 7.09. The maximum atomic E-state index is 12.5. The van der Waals surface area contributed by atoms with Gasteiger partial charge in [-0.05, 0) is 23.8 Å². The number of nitrogens with zero attached hydrogens (tertiary/aromatic N) is 1. The van der Waals surface area contributed by atoms with E-state index in [1.165, 1.54) is 5.56 Å². The first kappa shape index (κ1) is 14.1. The predicted molar refractivity (Wildman–Crippen MR) is 77.9 cm³/mol. The Morgan fingerprint density at radius 2 is 2.05 bits per heavy atom. The highest BCUT2D eigenvalue weighted by atomic mass is 16.2. The molecule has 0 spiro atoms. The van der Waals surface area contributed by atoms with Gasteiger partial charge in [-0.3, -0.25) is 4.79 Å². The first-order valence-electron chi connectivity index (χ1n) is 7.09. The summed E-state index contributed by atoms with van der Waals surface area (Å²) in [5, 5.41) is 0. The second-order valence-corrected chi connectivity index (χ2v) is 6.05. The standard InChI is InChI=1S/C16H24N2O/c1-16(2,13-7-4-3-5-8-13)11-15(19)18-10-6-9-14(18)12-17/h3-5,7-8,14H,6,9-12,17H2,1-2H3. The maximum absolute atomic E-state index is 12.5. The van der Waals surface area contributed by atoms with E-state index in [2.05, 4.69) is 26.0 Å². The van der Waals surface area contributed by atoms with Gasteiger partial charge in [0.1, 0.15) is 0 Å². The van der Waals surface area contributed by atoms with Crippen LogP contribution in [-0.4, -0.2) is 29.9 Å². The predicted octanol–water partition coefficient (Wildman–Crippen LogP) is 2.30. The van der Waals surface area contributed by atoms with Gasteiger partial charge in [-0.15, -0.1) is 0 Å². The van der Waals surface area contributed by atoms with Crippen LogP contribution in [0.15, 0.2) is 30.3 Å². The van der Waals surface area contributed by atoms with Gasteiger partial charge in [0.2, 0.25) is 5.91 Å². The van der Waals surface area contributed by atoms with Gasteiger partial charge in [0.05, 0.1) is 0 Å². The third-order valence-electron chi connectivity index (χ3n) is 4.12. The minimum absolute atomic E-state index is 0.125. The van der Waals surface area contributed by atoms with Crippen molar-refractivity contribution in [2.75, 3.05) is 13.1 Å². The molecule has 0 saturated carbocycles. The molecule has 1 fully saturated rings. The van der Waals surface area contributed by atoms with Crippen LogP contribution in [0.25, 0.3) is 0 Å². The van der Waals surface area contributed by atoms with Crippen LogP contribution < -0.4 is 5.73 Å². The van der Waals surface area contributed by atoms with Crippen molar-refractivity contribution in [1.82, 2.24) is 4.90 Å². The summed E-state index contributed by atoms with van der Waals surface area (Å²) in [5.41, 5.74) is 6.83. The molecule has 1 aromatic rings. The molecule has 1 saturated heterocycles. The zero-order chi connectivity index (χ0) is 13.9. The third-order valence-corrected chi connectivity index (χ3v) is 4.12. The number of likely N-dealkylation sites (tertiary alicyclic amines) is 1. The van der Waals surface area contributed by atoms with Crippen LogP contribution in [0, 0.1) is 0 Å². The Balaban J connectivity index is 2.06. The number of benzene rings is 1. The Morgan fingerprint density at radius 1 is 1.37 bits per heavy atom. The second-order valence-electron chi connectivity index (χ2n) is 6.05. The highest BCUT2D eigenvalue weighted by Gasteiger charge is 2.32. The fourth-order valence-corrected chi connectivity index (χ4v) is 2.88. The lowest BCUT2D eigenvalue weighted by molar-refractivity contribution is -0.133. The number of nitrogens with two attached hydrogens (primary N) is 1. The van der Waals surface area contributed by atoms with Gasteiger partial charge >= 0.3 is 0 Å². The summed E-state index contributed by atoms with van der Waals surface area (Å²) in [6.07, 6.45) is 2.68. The van der Waals surface area contributed by atoms with Crippen LogP contribution >= 0.6 is 0 Å². The third kappa shape index (κ3) is 3.16. The van der Waals surface area contributed by atoms with Crippen LogP contribution in [-0.2, 0) is 10.2 Å². The zero-order valence-corrected chi connectivity index (χ0v) is 11.9. The smallest absolute Gasteiger partial charge is 0.223 e. The molecular weight excluding hydrogens is 236 g/mol. The van der Waals surface area contributed by atoms with E-state index < -0.39 is 0 Å². The molecule has 3 nitrogen and oxygen atoms in total. The fraction of sp³-hybridized carbons (Fsp3) is 0.562. The van der Waals surface area contributed by atoms with E-state index in [1.807, 2.05) is 23.1 Å². The van der Waals surface area contributed by atoms with E-state index in [0.717, 1.165) is 19.4 Å². The summed E-state index contributed by atoms with van der Waals surface area (Å²) in [7, 11) is 0. The molecule has 1 aliphatic heterocycles. The number of rotatable bonds is 4. The molecule has 1 aliphatic rings. The molecule has 1 amide bonds. The van der Waals surface area contributed by atoms with Crippen molar-refractivity contribution in [2.45, 2.75) is 44.6 Å². The minimum atomic E-state index is -0.125. The van der Waals surface area contributed by atoms with Crippen LogP contribution in [0.4, 0.5) is 0 Å². The number of carbonyl (C=O) groups excluding carboxylic acids is 1. The van der Waals surface area contributed by atoms with E-state index in [-0.39, 0.29) is 17.4 Å². The number of hydrogen-bond donors (Lipinski definition) is 1. The molecular formula is C16H24N2O. The molecule has 2 N–H and O–H groups in total. The van der Waals surface area contributed by atoms with Crippen molar-refractivity contribution in [3.8, 4) is 0 Å². The van der Waals surface area contributed by atoms with Gasteiger partial charge in [-0.2, -0.15) is 0 Å². The number of amides is 1. The van der Waals surface area contributed by atoms with Crippen LogP contribution in [0.5, 0.6) is 0 Å². The topological polar surface area (TPSA) is 46.3 Å². The SMILES string of the molecule is CC(C)(CC(=O)N1CCCC1CN)c1ccccc1. The zero-order valence-electron chi connectivity index (χ0n) is 11.9. The molecule has 1 heterocycles. The minimum Gasteiger partial charge on any atom is -0.338 e. The second kappa shape index (κ2) is 5.74. The Labute approximate surface area is 115 Å². The van der Waals surface area contributed by atoms with Crippen molar-refractivity contribution in [3.63, 3.8) is 0 Å². The largest absolute Gasteiger partial charge is 0.338 e. The Morgan fingerprint density at radius 3 is 2.68 bits per heavy atom. The summed E-state index contributed by atoms with van der Waals surface area (Å²) in [6.45, 7) is 5.71. The van der Waals surface area contributed by atoms with Crippen molar-refractivity contribution >= 4 is 5.91 Å². The van der Waals surface area contributed by atoms with E-state index >= 15 is 0 Å². The average molecular weight is 260 g/mol. The lowest BCUT2D eigenvalue weighted by Gasteiger charge is -2.30. The van der Waals surface area contributed by atoms with E-state index in [0.29, 0.717) is 13.0 Å². The van der Waals surface area contributed by atoms with Gasteiger partial charge in [0, 0.05) is 25.6 Å². The van der Waals surface area contributed by atoms with E-state index in [1.54, 1.807) is 0 Å². The molecule has 0 radical (unpaired) electrons. The molecule has 104 valence electrons. The average Bonchev–Trinajstić information content (AvgIpc) is 2.87. The molecule has 1 atom stereocenters. The highest BCUT2D eigenvalue weighted by molar-refractivity contribution is 5.78. The Kier molecular flexibility index (Phi) is 4.25. The quantitative estimate of drug-likeness (QED) is 0.903. The van der Waals surface area contributed by atoms with Crippen molar-refractivity contribution in [2.24, 2.45) is 5.73 Å². The Bertz CT molecular complexity index is 428. The molecule has 0 aliphatic carbocycles. The summed E-state index contributed by atoms with van der Waals surface area (Å²) < 4.78 is 0. The van der Waals surface area contributed by atoms with Crippen molar-refractivity contribution in [3.05, 3.63) is 35.9 Å². The van der Waals surface area contributed by atoms with E-state index in [9.17, 15) is 4.79 Å². The normalized spacial score (nSPS) is 19.7. The molecule has 1 aromatic carbocycles. The van der Waals surface area contributed by atoms with Gasteiger partial charge in [-0.1, -0.05) is 44.2 Å². The van der Waals surface area contributed by atoms with Gasteiger partial charge in [-0.25, -0.2) is 0 Å². The fourth-order valence-electron chi connectivity index (χ4n) is 2.88. The highest BCUT2D eigenvalue weighted by Crippen LogP contribution is 2.29. The molecule has 0 bridgehead atoms. The summed E-state index contributed by atoms with van der Waals surface area (Å²) in [6, 6.07) is 10.5. The Hall–Kier alpha value is -1.35. The number of carbonyl (C=O) groups is 1. The van der Waals surface area contributed by atoms with Crippen LogP contribution in [0.3, 0.4) is 0 Å². The van der Waals surface area contributed by atoms with Crippen molar-refractivity contribution < 1.29 is 4.79 Å². The molecule has 0 aromatic heterocycles. The molecule has 2 rings (SSSR count). The number of hydrogen-bond acceptors (Lipinski definition) is 2. The van der Waals surface area contributed by atoms with Gasteiger partial charge in [0.15, 0.2) is 0 Å². The molecule has 19 heavy (non-hydrogen) atoms. The van der Waals surface area contributed by atoms with Gasteiger partial charge in [0.25, 0.3) is 0 Å². The van der Waals surface area contributed by atoms with Crippen LogP contribution in [0.2, 0.25) is 0 Å². The summed E-state index contributed by atoms with van der Waals surface area (Å²) >= 11 is 0. The summed E-state index contributed by atoms with van der Waals surface area (Å²) in [4.78, 5) is 14.5. The molecule has 3 heteroatoms. The summed E-state index contributed by atoms with van der Waals surface area (Å²) in [5.74, 6) is 0.238. The maximum Gasteiger partial charge on any atom is 0.223 e. The first-order chi connectivity index (χ1) is 9.04. The van der Waals surface area contributed by atoms with Crippen LogP contribution in [0.1, 0.15) is 38.7 Å². The molecule has 1 unspecified atom stereocenters.